The number of nitrogens with one attached hydrogen (secondary N) is 1. The first-order valence-corrected chi connectivity index (χ1v) is 11.4. The van der Waals surface area contributed by atoms with E-state index in [-0.39, 0.29) is 29.5 Å². The van der Waals surface area contributed by atoms with Crippen molar-refractivity contribution in [1.29, 1.82) is 0 Å². The van der Waals surface area contributed by atoms with Gasteiger partial charge in [-0.3, -0.25) is 9.59 Å². The van der Waals surface area contributed by atoms with E-state index < -0.39 is 0 Å². The topological polar surface area (TPSA) is 80.1 Å². The number of nitrogens with zero attached hydrogens (tertiary/aromatic N) is 4. The average molecular weight is 426 g/mol. The number of amides is 2. The summed E-state index contributed by atoms with van der Waals surface area (Å²) in [5.41, 5.74) is 0.894. The van der Waals surface area contributed by atoms with Gasteiger partial charge in [0.2, 0.25) is 11.8 Å². The molecule has 1 aromatic heterocycles. The number of hydrogen-bond donors (Lipinski definition) is 1. The molecule has 2 amide bonds. The maximum atomic E-state index is 14.7. The lowest BCUT2D eigenvalue weighted by Gasteiger charge is -2.32. The van der Waals surface area contributed by atoms with Gasteiger partial charge in [-0.2, -0.15) is 0 Å². The van der Waals surface area contributed by atoms with E-state index >= 15 is 0 Å². The molecule has 1 unspecified atom stereocenters. The molecule has 1 N–H and O–H groups in total. The molecule has 164 valence electrons. The largest absolute Gasteiger partial charge is 0.342 e. The number of rotatable bonds is 4. The van der Waals surface area contributed by atoms with Crippen LogP contribution in [0.5, 0.6) is 0 Å². The number of likely N-dealkylation sites (tertiary alicyclic amines) is 1. The van der Waals surface area contributed by atoms with Gasteiger partial charge < -0.3 is 14.8 Å². The molecule has 0 radical (unpaired) electrons. The summed E-state index contributed by atoms with van der Waals surface area (Å²) < 4.78 is 16.7. The fourth-order valence-corrected chi connectivity index (χ4v) is 4.68. The van der Waals surface area contributed by atoms with E-state index in [0.29, 0.717) is 23.6 Å². The zero-order valence-corrected chi connectivity index (χ0v) is 17.6. The number of anilines is 1. The lowest BCUT2D eigenvalue weighted by Crippen LogP contribution is -2.44. The van der Waals surface area contributed by atoms with Crippen molar-refractivity contribution in [2.24, 2.45) is 11.8 Å². The number of aryl methyl sites for hydroxylation is 1. The van der Waals surface area contributed by atoms with Crippen molar-refractivity contribution < 1.29 is 14.0 Å². The Hall–Kier alpha value is -2.77. The van der Waals surface area contributed by atoms with Crippen LogP contribution in [0.1, 0.15) is 50.8 Å². The van der Waals surface area contributed by atoms with E-state index in [9.17, 15) is 14.0 Å². The highest BCUT2D eigenvalue weighted by molar-refractivity contribution is 5.94. The zero-order chi connectivity index (χ0) is 21.4. The van der Waals surface area contributed by atoms with Crippen molar-refractivity contribution >= 4 is 17.5 Å². The Morgan fingerprint density at radius 1 is 1.00 bits per heavy atom. The fraction of sp³-hybridized carbons (Fsp3) is 0.565. The Labute approximate surface area is 181 Å². The highest BCUT2D eigenvalue weighted by Gasteiger charge is 2.36. The van der Waals surface area contributed by atoms with Gasteiger partial charge in [0.1, 0.15) is 11.6 Å². The minimum Gasteiger partial charge on any atom is -0.342 e. The second-order valence-corrected chi connectivity index (χ2v) is 8.98. The normalized spacial score (nSPS) is 21.3. The summed E-state index contributed by atoms with van der Waals surface area (Å²) in [6.07, 6.45) is 7.59. The predicted molar refractivity (Wildman–Crippen MR) is 114 cm³/mol. The molecule has 7 nitrogen and oxygen atoms in total. The first kappa shape index (κ1) is 20.2. The zero-order valence-electron chi connectivity index (χ0n) is 17.6. The first-order valence-electron chi connectivity index (χ1n) is 11.4. The van der Waals surface area contributed by atoms with Crippen LogP contribution in [0.4, 0.5) is 10.1 Å². The van der Waals surface area contributed by atoms with Gasteiger partial charge in [0, 0.05) is 37.7 Å². The number of piperidine rings is 1. The molecule has 1 aliphatic carbocycles. The summed E-state index contributed by atoms with van der Waals surface area (Å²) >= 11 is 0. The van der Waals surface area contributed by atoms with Crippen molar-refractivity contribution in [3.8, 4) is 11.4 Å². The molecule has 2 aromatic rings. The van der Waals surface area contributed by atoms with E-state index in [0.717, 1.165) is 70.3 Å². The highest BCUT2D eigenvalue weighted by atomic mass is 19.1. The smallest absolute Gasteiger partial charge is 0.229 e. The quantitative estimate of drug-likeness (QED) is 0.814. The van der Waals surface area contributed by atoms with Crippen LogP contribution in [0.3, 0.4) is 0 Å². The molecule has 1 saturated carbocycles. The van der Waals surface area contributed by atoms with Crippen LogP contribution in [-0.4, -0.2) is 44.6 Å². The van der Waals surface area contributed by atoms with E-state index in [2.05, 4.69) is 15.5 Å². The lowest BCUT2D eigenvalue weighted by molar-refractivity contribution is -0.135. The molecule has 5 rings (SSSR count). The van der Waals surface area contributed by atoms with Crippen molar-refractivity contribution in [3.05, 3.63) is 29.8 Å². The molecular formula is C23H28FN5O2. The Morgan fingerprint density at radius 3 is 2.71 bits per heavy atom. The molecule has 0 bridgehead atoms. The third-order valence-electron chi connectivity index (χ3n) is 6.61. The maximum Gasteiger partial charge on any atom is 0.229 e. The molecule has 31 heavy (non-hydrogen) atoms. The van der Waals surface area contributed by atoms with Crippen molar-refractivity contribution in [2.45, 2.75) is 57.9 Å². The van der Waals surface area contributed by atoms with E-state index in [1.54, 1.807) is 12.1 Å². The summed E-state index contributed by atoms with van der Waals surface area (Å²) in [6, 6.07) is 4.59. The SMILES string of the molecule is O=C(Nc1ccc(F)c(-c2nnc3n2CCCCC3)c1)C1CCCN(C(=O)C2CC2)C1. The van der Waals surface area contributed by atoms with E-state index in [1.807, 2.05) is 9.47 Å². The molecule has 2 aliphatic heterocycles. The van der Waals surface area contributed by atoms with Crippen LogP contribution in [0.25, 0.3) is 11.4 Å². The molecule has 0 spiro atoms. The first-order chi connectivity index (χ1) is 15.1. The molecule has 2 fully saturated rings. The van der Waals surface area contributed by atoms with Gasteiger partial charge in [-0.1, -0.05) is 6.42 Å². The minimum absolute atomic E-state index is 0.120. The fourth-order valence-electron chi connectivity index (χ4n) is 4.68. The van der Waals surface area contributed by atoms with Gasteiger partial charge >= 0.3 is 0 Å². The van der Waals surface area contributed by atoms with Crippen LogP contribution in [0, 0.1) is 17.7 Å². The summed E-state index contributed by atoms with van der Waals surface area (Å²) in [6.45, 7) is 1.98. The summed E-state index contributed by atoms with van der Waals surface area (Å²) in [5.74, 6) is 1.03. The second-order valence-electron chi connectivity index (χ2n) is 8.98. The van der Waals surface area contributed by atoms with Gasteiger partial charge in [-0.05, 0) is 56.7 Å². The van der Waals surface area contributed by atoms with E-state index in [1.165, 1.54) is 6.07 Å². The monoisotopic (exact) mass is 425 g/mol. The molecule has 8 heteroatoms. The Morgan fingerprint density at radius 2 is 1.87 bits per heavy atom. The third kappa shape index (κ3) is 4.20. The van der Waals surface area contributed by atoms with Gasteiger partial charge in [0.25, 0.3) is 0 Å². The van der Waals surface area contributed by atoms with Crippen LogP contribution in [0.2, 0.25) is 0 Å². The minimum atomic E-state index is -0.378. The molecule has 1 aromatic carbocycles. The number of fused-ring (bicyclic) bond motifs is 1. The van der Waals surface area contributed by atoms with Gasteiger partial charge in [0.15, 0.2) is 5.82 Å². The van der Waals surface area contributed by atoms with Gasteiger partial charge in [-0.15, -0.1) is 10.2 Å². The molecule has 3 aliphatic rings. The molecular weight excluding hydrogens is 397 g/mol. The van der Waals surface area contributed by atoms with Crippen LogP contribution in [-0.2, 0) is 22.6 Å². The van der Waals surface area contributed by atoms with Crippen LogP contribution < -0.4 is 5.32 Å². The molecule has 1 atom stereocenters. The highest BCUT2D eigenvalue weighted by Crippen LogP contribution is 2.33. The third-order valence-corrected chi connectivity index (χ3v) is 6.61. The predicted octanol–water partition coefficient (Wildman–Crippen LogP) is 3.40. The number of carbonyl (C=O) groups is 2. The van der Waals surface area contributed by atoms with Crippen LogP contribution >= 0.6 is 0 Å². The van der Waals surface area contributed by atoms with Crippen molar-refractivity contribution in [3.63, 3.8) is 0 Å². The van der Waals surface area contributed by atoms with Crippen LogP contribution in [0.15, 0.2) is 18.2 Å². The van der Waals surface area contributed by atoms with Gasteiger partial charge in [0.05, 0.1) is 11.5 Å². The molecule has 3 heterocycles. The van der Waals surface area contributed by atoms with Gasteiger partial charge in [-0.25, -0.2) is 4.39 Å². The summed E-state index contributed by atoms with van der Waals surface area (Å²) in [5, 5.41) is 11.4. The average Bonchev–Trinajstić information content (AvgIpc) is 3.60. The number of halogens is 1. The summed E-state index contributed by atoms with van der Waals surface area (Å²) in [4.78, 5) is 27.1. The Bertz CT molecular complexity index is 1000. The molecule has 1 saturated heterocycles. The Balaban J connectivity index is 1.32. The van der Waals surface area contributed by atoms with Crippen molar-refractivity contribution in [1.82, 2.24) is 19.7 Å². The standard InChI is InChI=1S/C23H28FN5O2/c24-19-10-9-17(13-18(19)21-27-26-20-6-2-1-3-12-29(20)21)25-22(30)16-5-4-11-28(14-16)23(31)15-7-8-15/h9-10,13,15-16H,1-8,11-12,14H2,(H,25,30). The number of benzene rings is 1. The number of carbonyl (C=O) groups excluding carboxylic acids is 2. The number of aromatic nitrogens is 3. The number of hydrogen-bond acceptors (Lipinski definition) is 4. The maximum absolute atomic E-state index is 14.7. The van der Waals surface area contributed by atoms with Crippen molar-refractivity contribution in [2.75, 3.05) is 18.4 Å². The summed E-state index contributed by atoms with van der Waals surface area (Å²) in [7, 11) is 0. The second kappa shape index (κ2) is 8.40. The Kier molecular flexibility index (Phi) is 5.46. The lowest BCUT2D eigenvalue weighted by atomic mass is 9.96. The van der Waals surface area contributed by atoms with E-state index in [4.69, 9.17) is 0 Å².